The first-order valence-electron chi connectivity index (χ1n) is 9.86. The number of anilines is 2. The molecule has 2 aromatic rings. The zero-order valence-corrected chi connectivity index (χ0v) is 18.3. The third kappa shape index (κ3) is 5.84. The smallest absolute Gasteiger partial charge is 0.257 e. The summed E-state index contributed by atoms with van der Waals surface area (Å²) in [4.78, 5) is 14.8. The van der Waals surface area contributed by atoms with Gasteiger partial charge in [-0.15, -0.1) is 0 Å². The van der Waals surface area contributed by atoms with E-state index in [9.17, 15) is 4.79 Å². The van der Waals surface area contributed by atoms with Crippen molar-refractivity contribution in [3.8, 4) is 5.75 Å². The van der Waals surface area contributed by atoms with Crippen LogP contribution in [0.1, 0.15) is 37.0 Å². The molecule has 0 unspecified atom stereocenters. The molecular formula is C22H26ClN3O2S. The Balaban J connectivity index is 1.55. The highest BCUT2D eigenvalue weighted by atomic mass is 35.5. The van der Waals surface area contributed by atoms with Gasteiger partial charge in [0.25, 0.3) is 5.91 Å². The molecule has 1 saturated heterocycles. The van der Waals surface area contributed by atoms with Gasteiger partial charge in [-0.25, -0.2) is 0 Å². The van der Waals surface area contributed by atoms with Crippen LogP contribution >= 0.6 is 23.8 Å². The van der Waals surface area contributed by atoms with Crippen LogP contribution in [-0.4, -0.2) is 30.7 Å². The quantitative estimate of drug-likeness (QED) is 0.645. The number of thiocarbonyl (C=S) groups is 1. The summed E-state index contributed by atoms with van der Waals surface area (Å²) in [6, 6.07) is 13.0. The van der Waals surface area contributed by atoms with Crippen molar-refractivity contribution < 1.29 is 9.53 Å². The maximum absolute atomic E-state index is 12.4. The van der Waals surface area contributed by atoms with Crippen LogP contribution in [0.3, 0.4) is 0 Å². The molecule has 0 spiro atoms. The van der Waals surface area contributed by atoms with Crippen LogP contribution in [0.15, 0.2) is 42.5 Å². The minimum atomic E-state index is -0.327. The van der Waals surface area contributed by atoms with Crippen LogP contribution in [0.5, 0.6) is 5.75 Å². The van der Waals surface area contributed by atoms with Crippen LogP contribution in [0.4, 0.5) is 11.4 Å². The minimum absolute atomic E-state index is 0.236. The molecule has 1 aliphatic heterocycles. The molecule has 0 radical (unpaired) electrons. The SMILES string of the molecule is CCOc1ccc(C(=O)NC(=S)Nc2ccc(N3CCC(C)CC3)cc2)cc1Cl. The fraction of sp³-hybridized carbons (Fsp3) is 0.364. The second kappa shape index (κ2) is 9.94. The molecule has 2 aromatic carbocycles. The van der Waals surface area contributed by atoms with Crippen molar-refractivity contribution in [2.24, 2.45) is 5.92 Å². The van der Waals surface area contributed by atoms with Crippen molar-refractivity contribution in [3.63, 3.8) is 0 Å². The van der Waals surface area contributed by atoms with E-state index in [4.69, 9.17) is 28.6 Å². The Kier molecular flexibility index (Phi) is 7.34. The first-order valence-corrected chi connectivity index (χ1v) is 10.6. The van der Waals surface area contributed by atoms with E-state index >= 15 is 0 Å². The summed E-state index contributed by atoms with van der Waals surface area (Å²) in [5.41, 5.74) is 2.45. The van der Waals surface area contributed by atoms with Gasteiger partial charge in [0.15, 0.2) is 5.11 Å². The number of nitrogens with zero attached hydrogens (tertiary/aromatic N) is 1. The molecule has 7 heteroatoms. The summed E-state index contributed by atoms with van der Waals surface area (Å²) < 4.78 is 5.38. The molecule has 0 aromatic heterocycles. The third-order valence-electron chi connectivity index (χ3n) is 4.99. The van der Waals surface area contributed by atoms with Gasteiger partial charge < -0.3 is 15.0 Å². The minimum Gasteiger partial charge on any atom is -0.492 e. The summed E-state index contributed by atoms with van der Waals surface area (Å²) in [5, 5.41) is 6.35. The first kappa shape index (κ1) is 21.4. The van der Waals surface area contributed by atoms with E-state index in [0.29, 0.717) is 22.9 Å². The first-order chi connectivity index (χ1) is 14.0. The third-order valence-corrected chi connectivity index (χ3v) is 5.49. The highest BCUT2D eigenvalue weighted by Gasteiger charge is 2.16. The summed E-state index contributed by atoms with van der Waals surface area (Å²) >= 11 is 11.4. The lowest BCUT2D eigenvalue weighted by molar-refractivity contribution is 0.0977. The van der Waals surface area contributed by atoms with Crippen LogP contribution in [0.2, 0.25) is 5.02 Å². The normalized spacial score (nSPS) is 14.4. The zero-order valence-electron chi connectivity index (χ0n) is 16.7. The number of carbonyl (C=O) groups is 1. The molecule has 1 amide bonds. The number of ether oxygens (including phenoxy) is 1. The maximum Gasteiger partial charge on any atom is 0.257 e. The number of halogens is 1. The standard InChI is InChI=1S/C22H26ClN3O2S/c1-3-28-20-9-4-16(14-19(20)23)21(27)25-22(29)24-17-5-7-18(8-6-17)26-12-10-15(2)11-13-26/h4-9,14-15H,3,10-13H2,1-2H3,(H2,24,25,27,29). The predicted octanol–water partition coefficient (Wildman–Crippen LogP) is 5.10. The van der Waals surface area contributed by atoms with Crippen molar-refractivity contribution >= 4 is 46.2 Å². The monoisotopic (exact) mass is 431 g/mol. The van der Waals surface area contributed by atoms with Gasteiger partial charge in [0.2, 0.25) is 0 Å². The molecule has 5 nitrogen and oxygen atoms in total. The van der Waals surface area contributed by atoms with Gasteiger partial charge in [0.1, 0.15) is 5.75 Å². The number of rotatable bonds is 5. The Labute approximate surface area is 182 Å². The average Bonchev–Trinajstić information content (AvgIpc) is 2.71. The molecule has 3 rings (SSSR count). The van der Waals surface area contributed by atoms with Crippen molar-refractivity contribution in [1.82, 2.24) is 5.32 Å². The van der Waals surface area contributed by atoms with Crippen LogP contribution < -0.4 is 20.3 Å². The molecule has 2 N–H and O–H groups in total. The van der Waals surface area contributed by atoms with Crippen molar-refractivity contribution in [2.75, 3.05) is 29.9 Å². The molecule has 1 aliphatic rings. The lowest BCUT2D eigenvalue weighted by atomic mass is 9.99. The van der Waals surface area contributed by atoms with Crippen molar-refractivity contribution in [2.45, 2.75) is 26.7 Å². The molecule has 29 heavy (non-hydrogen) atoms. The molecule has 0 aliphatic carbocycles. The summed E-state index contributed by atoms with van der Waals surface area (Å²) in [7, 11) is 0. The van der Waals surface area contributed by atoms with E-state index in [1.807, 2.05) is 19.1 Å². The van der Waals surface area contributed by atoms with Crippen molar-refractivity contribution in [1.29, 1.82) is 0 Å². The van der Waals surface area contributed by atoms with Gasteiger partial charge >= 0.3 is 0 Å². The number of amides is 1. The summed E-state index contributed by atoms with van der Waals surface area (Å²) in [5.74, 6) is 1.03. The van der Waals surface area contributed by atoms with Gasteiger partial charge in [0.05, 0.1) is 11.6 Å². The van der Waals surface area contributed by atoms with E-state index in [0.717, 1.165) is 24.7 Å². The molecule has 0 atom stereocenters. The van der Waals surface area contributed by atoms with E-state index in [1.165, 1.54) is 18.5 Å². The van der Waals surface area contributed by atoms with Crippen molar-refractivity contribution in [3.05, 3.63) is 53.1 Å². The molecule has 0 bridgehead atoms. The average molecular weight is 432 g/mol. The molecular weight excluding hydrogens is 406 g/mol. The second-order valence-corrected chi connectivity index (χ2v) is 8.02. The number of hydrogen-bond acceptors (Lipinski definition) is 4. The van der Waals surface area contributed by atoms with E-state index < -0.39 is 0 Å². The number of hydrogen-bond donors (Lipinski definition) is 2. The van der Waals surface area contributed by atoms with Crippen LogP contribution in [-0.2, 0) is 0 Å². The predicted molar refractivity (Wildman–Crippen MR) is 123 cm³/mol. The maximum atomic E-state index is 12.4. The fourth-order valence-electron chi connectivity index (χ4n) is 3.27. The lowest BCUT2D eigenvalue weighted by Crippen LogP contribution is -2.34. The Hall–Kier alpha value is -2.31. The molecule has 154 valence electrons. The van der Waals surface area contributed by atoms with Gasteiger partial charge in [-0.2, -0.15) is 0 Å². The Bertz CT molecular complexity index is 865. The number of nitrogens with one attached hydrogen (secondary N) is 2. The summed E-state index contributed by atoms with van der Waals surface area (Å²) in [6.07, 6.45) is 2.46. The number of benzene rings is 2. The van der Waals surface area contributed by atoms with E-state index in [1.54, 1.807) is 18.2 Å². The highest BCUT2D eigenvalue weighted by molar-refractivity contribution is 7.80. The fourth-order valence-corrected chi connectivity index (χ4v) is 3.72. The van der Waals surface area contributed by atoms with Gasteiger partial charge in [-0.05, 0) is 80.4 Å². The van der Waals surface area contributed by atoms with Crippen LogP contribution in [0.25, 0.3) is 0 Å². The lowest BCUT2D eigenvalue weighted by Gasteiger charge is -2.32. The Morgan fingerprint density at radius 2 is 1.90 bits per heavy atom. The van der Waals surface area contributed by atoms with Gasteiger partial charge in [-0.1, -0.05) is 18.5 Å². The van der Waals surface area contributed by atoms with E-state index in [2.05, 4.69) is 34.6 Å². The Morgan fingerprint density at radius 3 is 2.52 bits per heavy atom. The zero-order chi connectivity index (χ0) is 20.8. The topological polar surface area (TPSA) is 53.6 Å². The number of carbonyl (C=O) groups excluding carboxylic acids is 1. The van der Waals surface area contributed by atoms with Gasteiger partial charge in [-0.3, -0.25) is 10.1 Å². The summed E-state index contributed by atoms with van der Waals surface area (Å²) in [6.45, 7) is 6.87. The molecule has 0 saturated carbocycles. The highest BCUT2D eigenvalue weighted by Crippen LogP contribution is 2.26. The molecule has 1 fully saturated rings. The molecule has 1 heterocycles. The van der Waals surface area contributed by atoms with Gasteiger partial charge in [0, 0.05) is 30.0 Å². The van der Waals surface area contributed by atoms with Crippen LogP contribution in [0, 0.1) is 5.92 Å². The largest absolute Gasteiger partial charge is 0.492 e. The Morgan fingerprint density at radius 1 is 1.21 bits per heavy atom. The van der Waals surface area contributed by atoms with E-state index in [-0.39, 0.29) is 11.0 Å². The number of piperidine rings is 1. The second-order valence-electron chi connectivity index (χ2n) is 7.20.